The molecule has 1 fully saturated rings. The highest BCUT2D eigenvalue weighted by Crippen LogP contribution is 2.29. The molecule has 0 aliphatic heterocycles. The molecule has 1 aromatic carbocycles. The number of rotatable bonds is 5. The van der Waals surface area contributed by atoms with Crippen LogP contribution in [0.2, 0.25) is 5.02 Å². The summed E-state index contributed by atoms with van der Waals surface area (Å²) in [4.78, 5) is 2.61. The van der Waals surface area contributed by atoms with Crippen LogP contribution in [0.25, 0.3) is 11.5 Å². The Balaban J connectivity index is 1.78. The number of nitrogens with zero attached hydrogens (tertiary/aromatic N) is 3. The molecule has 0 bridgehead atoms. The molecular formula is C14H16ClN3OS. The van der Waals surface area contributed by atoms with Crippen LogP contribution in [0.3, 0.4) is 0 Å². The van der Waals surface area contributed by atoms with Crippen molar-refractivity contribution in [2.75, 3.05) is 13.6 Å². The van der Waals surface area contributed by atoms with Crippen molar-refractivity contribution in [1.82, 2.24) is 14.7 Å². The van der Waals surface area contributed by atoms with Crippen LogP contribution in [0.1, 0.15) is 12.8 Å². The molecule has 1 heterocycles. The summed E-state index contributed by atoms with van der Waals surface area (Å²) in [5.41, 5.74) is 0.840. The second-order valence-corrected chi connectivity index (χ2v) is 6.09. The minimum Gasteiger partial charge on any atom is -0.409 e. The van der Waals surface area contributed by atoms with Crippen LogP contribution in [0.15, 0.2) is 28.7 Å². The molecule has 1 aliphatic carbocycles. The average Bonchev–Trinajstić information content (AvgIpc) is 3.13. The van der Waals surface area contributed by atoms with Crippen molar-refractivity contribution >= 4 is 23.8 Å². The van der Waals surface area contributed by atoms with Crippen LogP contribution < -0.4 is 0 Å². The molecule has 3 rings (SSSR count). The summed E-state index contributed by atoms with van der Waals surface area (Å²) in [5, 5.41) is 5.09. The van der Waals surface area contributed by atoms with Gasteiger partial charge < -0.3 is 4.42 Å². The summed E-state index contributed by atoms with van der Waals surface area (Å²) >= 11 is 11.2. The highest BCUT2D eigenvalue weighted by atomic mass is 35.5. The van der Waals surface area contributed by atoms with E-state index in [1.165, 1.54) is 12.8 Å². The molecule has 20 heavy (non-hydrogen) atoms. The molecule has 0 N–H and O–H groups in total. The van der Waals surface area contributed by atoms with E-state index >= 15 is 0 Å². The van der Waals surface area contributed by atoms with Crippen LogP contribution in [-0.2, 0) is 6.67 Å². The summed E-state index contributed by atoms with van der Waals surface area (Å²) in [6.07, 6.45) is 2.67. The lowest BCUT2D eigenvalue weighted by Gasteiger charge is -2.14. The molecule has 1 saturated carbocycles. The highest BCUT2D eigenvalue weighted by molar-refractivity contribution is 7.71. The Labute approximate surface area is 128 Å². The molecule has 1 aromatic heterocycles. The smallest absolute Gasteiger partial charge is 0.288 e. The van der Waals surface area contributed by atoms with Gasteiger partial charge in [0.25, 0.3) is 4.84 Å². The van der Waals surface area contributed by atoms with Crippen molar-refractivity contribution < 1.29 is 4.42 Å². The maximum Gasteiger partial charge on any atom is 0.288 e. The first-order valence-electron chi connectivity index (χ1n) is 6.64. The van der Waals surface area contributed by atoms with Gasteiger partial charge in [0.05, 0.1) is 6.67 Å². The first kappa shape index (κ1) is 13.8. The van der Waals surface area contributed by atoms with Crippen molar-refractivity contribution in [3.8, 4) is 11.5 Å². The monoisotopic (exact) mass is 309 g/mol. The van der Waals surface area contributed by atoms with E-state index in [1.54, 1.807) is 4.68 Å². The molecule has 106 valence electrons. The predicted molar refractivity (Wildman–Crippen MR) is 81.1 cm³/mol. The summed E-state index contributed by atoms with van der Waals surface area (Å²) in [6, 6.07) is 7.42. The zero-order chi connectivity index (χ0) is 14.1. The van der Waals surface area contributed by atoms with Crippen LogP contribution in [0, 0.1) is 10.8 Å². The summed E-state index contributed by atoms with van der Waals surface area (Å²) in [6.45, 7) is 1.74. The molecule has 2 aromatic rings. The first-order chi connectivity index (χ1) is 9.61. The minimum atomic E-state index is 0.391. The van der Waals surface area contributed by atoms with Crippen molar-refractivity contribution in [2.45, 2.75) is 19.5 Å². The quantitative estimate of drug-likeness (QED) is 0.786. The van der Waals surface area contributed by atoms with Gasteiger partial charge in [-0.25, -0.2) is 4.68 Å². The van der Waals surface area contributed by atoms with Crippen molar-refractivity contribution in [1.29, 1.82) is 0 Å². The second kappa shape index (κ2) is 5.68. The number of benzene rings is 1. The van der Waals surface area contributed by atoms with Gasteiger partial charge in [-0.2, -0.15) is 0 Å². The maximum atomic E-state index is 5.98. The third-order valence-electron chi connectivity index (χ3n) is 3.32. The van der Waals surface area contributed by atoms with E-state index in [1.807, 2.05) is 24.3 Å². The summed E-state index contributed by atoms with van der Waals surface area (Å²) < 4.78 is 7.27. The zero-order valence-corrected chi connectivity index (χ0v) is 12.8. The van der Waals surface area contributed by atoms with Crippen LogP contribution >= 0.6 is 23.8 Å². The lowest BCUT2D eigenvalue weighted by atomic mass is 10.2. The van der Waals surface area contributed by atoms with Gasteiger partial charge >= 0.3 is 0 Å². The Bertz CT molecular complexity index is 662. The van der Waals surface area contributed by atoms with Crippen LogP contribution in [0.4, 0.5) is 0 Å². The van der Waals surface area contributed by atoms with Gasteiger partial charge in [-0.1, -0.05) is 17.7 Å². The summed E-state index contributed by atoms with van der Waals surface area (Å²) in [7, 11) is 2.08. The normalized spacial score (nSPS) is 14.9. The molecule has 4 nitrogen and oxygen atoms in total. The van der Waals surface area contributed by atoms with Gasteiger partial charge in [0.15, 0.2) is 0 Å². The second-order valence-electron chi connectivity index (χ2n) is 5.31. The lowest BCUT2D eigenvalue weighted by Crippen LogP contribution is -2.24. The molecule has 1 aliphatic rings. The fourth-order valence-corrected chi connectivity index (χ4v) is 2.53. The Hall–Kier alpha value is -1.17. The topological polar surface area (TPSA) is 34.2 Å². The van der Waals surface area contributed by atoms with E-state index in [0.29, 0.717) is 22.4 Å². The van der Waals surface area contributed by atoms with Crippen molar-refractivity contribution in [3.05, 3.63) is 34.1 Å². The van der Waals surface area contributed by atoms with E-state index in [4.69, 9.17) is 28.2 Å². The average molecular weight is 310 g/mol. The standard InChI is InChI=1S/C14H16ClN3OS/c1-17(8-10-5-6-10)9-18-14(20)19-13(16-18)11-3-2-4-12(15)7-11/h2-4,7,10H,5-6,8-9H2,1H3. The number of hydrogen-bond donors (Lipinski definition) is 0. The molecule has 0 saturated heterocycles. The van der Waals surface area contributed by atoms with Crippen molar-refractivity contribution in [3.63, 3.8) is 0 Å². The van der Waals surface area contributed by atoms with E-state index in [2.05, 4.69) is 17.0 Å². The van der Waals surface area contributed by atoms with Gasteiger partial charge in [0.2, 0.25) is 5.89 Å². The Morgan fingerprint density at radius 3 is 3.00 bits per heavy atom. The third-order valence-corrected chi connectivity index (χ3v) is 3.85. The zero-order valence-electron chi connectivity index (χ0n) is 11.3. The largest absolute Gasteiger partial charge is 0.409 e. The Morgan fingerprint density at radius 2 is 2.30 bits per heavy atom. The minimum absolute atomic E-state index is 0.391. The molecule has 6 heteroatoms. The van der Waals surface area contributed by atoms with Crippen molar-refractivity contribution in [2.24, 2.45) is 5.92 Å². The third kappa shape index (κ3) is 3.29. The van der Waals surface area contributed by atoms with Gasteiger partial charge in [-0.3, -0.25) is 4.90 Å². The predicted octanol–water partition coefficient (Wildman–Crippen LogP) is 3.83. The van der Waals surface area contributed by atoms with E-state index < -0.39 is 0 Å². The lowest BCUT2D eigenvalue weighted by molar-refractivity contribution is 0.239. The molecule has 0 amide bonds. The molecule has 0 spiro atoms. The number of aromatic nitrogens is 2. The van der Waals surface area contributed by atoms with Gasteiger partial charge in [-0.05, 0) is 56.2 Å². The first-order valence-corrected chi connectivity index (χ1v) is 7.43. The van der Waals surface area contributed by atoms with E-state index in [0.717, 1.165) is 18.0 Å². The SMILES string of the molecule is CN(CC1CC1)Cn1nc(-c2cccc(Cl)c2)oc1=S. The summed E-state index contributed by atoms with van der Waals surface area (Å²) in [5.74, 6) is 1.35. The number of halogens is 1. The Morgan fingerprint density at radius 1 is 1.50 bits per heavy atom. The van der Waals surface area contributed by atoms with E-state index in [9.17, 15) is 0 Å². The van der Waals surface area contributed by atoms with Gasteiger partial charge in [0.1, 0.15) is 0 Å². The molecular weight excluding hydrogens is 294 g/mol. The number of hydrogen-bond acceptors (Lipinski definition) is 4. The van der Waals surface area contributed by atoms with Gasteiger partial charge in [0, 0.05) is 17.1 Å². The molecule has 0 atom stereocenters. The highest BCUT2D eigenvalue weighted by Gasteiger charge is 2.23. The Kier molecular flexibility index (Phi) is 3.92. The van der Waals surface area contributed by atoms with E-state index in [-0.39, 0.29) is 0 Å². The fraction of sp³-hybridized carbons (Fsp3) is 0.429. The fourth-order valence-electron chi connectivity index (χ4n) is 2.16. The molecule has 0 unspecified atom stereocenters. The maximum absolute atomic E-state index is 5.98. The van der Waals surface area contributed by atoms with Gasteiger partial charge in [-0.15, -0.1) is 5.10 Å². The van der Waals surface area contributed by atoms with Crippen LogP contribution in [0.5, 0.6) is 0 Å². The molecule has 0 radical (unpaired) electrons. The van der Waals surface area contributed by atoms with Crippen LogP contribution in [-0.4, -0.2) is 28.3 Å².